The van der Waals surface area contributed by atoms with Gasteiger partial charge in [0.1, 0.15) is 5.82 Å². The summed E-state index contributed by atoms with van der Waals surface area (Å²) in [7, 11) is 0. The van der Waals surface area contributed by atoms with Crippen molar-refractivity contribution in [2.45, 2.75) is 65.8 Å². The zero-order valence-electron chi connectivity index (χ0n) is 16.7. The molecule has 0 spiro atoms. The number of nitrogens with zero attached hydrogens (tertiary/aromatic N) is 2. The maximum atomic E-state index is 5.00. The largest absolute Gasteiger partial charge is 0.327 e. The van der Waals surface area contributed by atoms with E-state index in [1.165, 1.54) is 41.7 Å². The van der Waals surface area contributed by atoms with Crippen LogP contribution in [0.2, 0.25) is 0 Å². The van der Waals surface area contributed by atoms with Crippen molar-refractivity contribution in [2.24, 2.45) is 5.92 Å². The van der Waals surface area contributed by atoms with Gasteiger partial charge in [-0.1, -0.05) is 76.9 Å². The minimum atomic E-state index is 0.303. The van der Waals surface area contributed by atoms with Crippen LogP contribution in [0.3, 0.4) is 0 Å². The molecule has 2 heteroatoms. The number of hydrogen-bond donors (Lipinski definition) is 0. The predicted molar refractivity (Wildman–Crippen MR) is 112 cm³/mol. The molecule has 26 heavy (non-hydrogen) atoms. The lowest BCUT2D eigenvalue weighted by Gasteiger charge is -2.16. The van der Waals surface area contributed by atoms with Crippen LogP contribution in [0.25, 0.3) is 11.0 Å². The first kappa shape index (κ1) is 18.7. The summed E-state index contributed by atoms with van der Waals surface area (Å²) in [5.41, 5.74) is 5.15. The second-order valence-electron chi connectivity index (χ2n) is 7.88. The highest BCUT2D eigenvalue weighted by atomic mass is 15.1. The minimum absolute atomic E-state index is 0.303. The number of aromatic nitrogens is 2. The van der Waals surface area contributed by atoms with E-state index in [4.69, 9.17) is 4.98 Å². The normalized spacial score (nSPS) is 12.8. The van der Waals surface area contributed by atoms with Gasteiger partial charge in [-0.3, -0.25) is 0 Å². The van der Waals surface area contributed by atoms with Crippen LogP contribution in [-0.4, -0.2) is 9.55 Å². The molecule has 3 rings (SSSR count). The fraction of sp³-hybridized carbons (Fsp3) is 0.458. The molecular weight excluding hydrogens is 316 g/mol. The molecule has 1 atom stereocenters. The molecule has 0 saturated heterocycles. The Hall–Kier alpha value is -2.09. The van der Waals surface area contributed by atoms with Crippen LogP contribution < -0.4 is 0 Å². The Morgan fingerprint density at radius 3 is 2.35 bits per heavy atom. The lowest BCUT2D eigenvalue weighted by Crippen LogP contribution is -2.09. The Balaban J connectivity index is 1.91. The number of benzene rings is 2. The molecule has 138 valence electrons. The maximum absolute atomic E-state index is 5.00. The van der Waals surface area contributed by atoms with Gasteiger partial charge in [0.05, 0.1) is 11.0 Å². The predicted octanol–water partition coefficient (Wildman–Crippen LogP) is 6.58. The number of imidazole rings is 1. The summed E-state index contributed by atoms with van der Waals surface area (Å²) in [5.74, 6) is 2.19. The van der Waals surface area contributed by atoms with Crippen LogP contribution in [-0.2, 0) is 13.0 Å². The van der Waals surface area contributed by atoms with Crippen molar-refractivity contribution >= 4 is 11.0 Å². The highest BCUT2D eigenvalue weighted by Crippen LogP contribution is 2.28. The molecule has 1 heterocycles. The van der Waals surface area contributed by atoms with Crippen LogP contribution >= 0.6 is 0 Å². The van der Waals surface area contributed by atoms with Crippen molar-refractivity contribution in [1.29, 1.82) is 0 Å². The van der Waals surface area contributed by atoms with E-state index in [1.54, 1.807) is 0 Å². The van der Waals surface area contributed by atoms with Gasteiger partial charge in [-0.05, 0) is 42.0 Å². The number of aryl methyl sites for hydroxylation is 1. The Kier molecular flexibility index (Phi) is 6.13. The van der Waals surface area contributed by atoms with Crippen LogP contribution in [0.5, 0.6) is 0 Å². The molecular formula is C24H32N2. The summed E-state index contributed by atoms with van der Waals surface area (Å²) < 4.78 is 2.44. The Morgan fingerprint density at radius 1 is 0.923 bits per heavy atom. The van der Waals surface area contributed by atoms with Gasteiger partial charge in [0.15, 0.2) is 0 Å². The first-order chi connectivity index (χ1) is 12.6. The van der Waals surface area contributed by atoms with E-state index in [2.05, 4.69) is 80.8 Å². The van der Waals surface area contributed by atoms with Crippen molar-refractivity contribution in [2.75, 3.05) is 0 Å². The van der Waals surface area contributed by atoms with Crippen LogP contribution in [0.15, 0.2) is 48.5 Å². The average Bonchev–Trinajstić information content (AvgIpc) is 3.00. The standard InChI is InChI=1S/C24H32N2/c1-5-6-9-16-26-23-11-8-7-10-22(23)25-24(26)19(4)21-14-12-20(13-15-21)17-18(2)3/h7-8,10-15,18-19H,5-6,9,16-17H2,1-4H3. The lowest BCUT2D eigenvalue weighted by atomic mass is 9.96. The van der Waals surface area contributed by atoms with Gasteiger partial charge in [-0.25, -0.2) is 4.98 Å². The molecule has 2 aromatic carbocycles. The molecule has 0 fully saturated rings. The molecule has 0 aliphatic heterocycles. The fourth-order valence-electron chi connectivity index (χ4n) is 3.74. The fourth-order valence-corrected chi connectivity index (χ4v) is 3.74. The van der Waals surface area contributed by atoms with Gasteiger partial charge in [0.2, 0.25) is 0 Å². The Morgan fingerprint density at radius 2 is 1.65 bits per heavy atom. The third kappa shape index (κ3) is 4.17. The van der Waals surface area contributed by atoms with E-state index in [0.717, 1.165) is 18.5 Å². The first-order valence-corrected chi connectivity index (χ1v) is 10.1. The van der Waals surface area contributed by atoms with E-state index in [0.29, 0.717) is 11.8 Å². The molecule has 0 radical (unpaired) electrons. The van der Waals surface area contributed by atoms with Gasteiger partial charge in [0.25, 0.3) is 0 Å². The first-order valence-electron chi connectivity index (χ1n) is 10.1. The Bertz CT molecular complexity index is 827. The summed E-state index contributed by atoms with van der Waals surface area (Å²) >= 11 is 0. The molecule has 2 nitrogen and oxygen atoms in total. The Labute approximate surface area is 158 Å². The van der Waals surface area contributed by atoms with Gasteiger partial charge >= 0.3 is 0 Å². The average molecular weight is 349 g/mol. The van der Waals surface area contributed by atoms with E-state index < -0.39 is 0 Å². The second kappa shape index (κ2) is 8.53. The van der Waals surface area contributed by atoms with Crippen molar-refractivity contribution in [3.05, 3.63) is 65.5 Å². The van der Waals surface area contributed by atoms with Crippen molar-refractivity contribution in [3.8, 4) is 0 Å². The SMILES string of the molecule is CCCCCn1c(C(C)c2ccc(CC(C)C)cc2)nc2ccccc21. The lowest BCUT2D eigenvalue weighted by molar-refractivity contribution is 0.582. The number of unbranched alkanes of at least 4 members (excludes halogenated alkanes) is 2. The number of fused-ring (bicyclic) bond motifs is 1. The number of rotatable bonds is 8. The van der Waals surface area contributed by atoms with Gasteiger partial charge < -0.3 is 4.57 Å². The zero-order valence-corrected chi connectivity index (χ0v) is 16.7. The quantitative estimate of drug-likeness (QED) is 0.421. The highest BCUT2D eigenvalue weighted by molar-refractivity contribution is 5.76. The van der Waals surface area contributed by atoms with Gasteiger partial charge in [-0.15, -0.1) is 0 Å². The van der Waals surface area contributed by atoms with E-state index in [1.807, 2.05) is 0 Å². The second-order valence-corrected chi connectivity index (χ2v) is 7.88. The summed E-state index contributed by atoms with van der Waals surface area (Å²) in [6, 6.07) is 17.7. The molecule has 3 aromatic rings. The summed E-state index contributed by atoms with van der Waals surface area (Å²) in [5, 5.41) is 0. The molecule has 0 amide bonds. The summed E-state index contributed by atoms with van der Waals surface area (Å²) in [4.78, 5) is 5.00. The third-order valence-electron chi connectivity index (χ3n) is 5.18. The molecule has 1 aromatic heterocycles. The van der Waals surface area contributed by atoms with Crippen molar-refractivity contribution < 1.29 is 0 Å². The smallest absolute Gasteiger partial charge is 0.117 e. The molecule has 0 saturated carbocycles. The van der Waals surface area contributed by atoms with Gasteiger partial charge in [-0.2, -0.15) is 0 Å². The number of hydrogen-bond acceptors (Lipinski definition) is 1. The van der Waals surface area contributed by atoms with E-state index >= 15 is 0 Å². The van der Waals surface area contributed by atoms with Crippen LogP contribution in [0, 0.1) is 5.92 Å². The van der Waals surface area contributed by atoms with Crippen LogP contribution in [0.1, 0.15) is 69.8 Å². The third-order valence-corrected chi connectivity index (χ3v) is 5.18. The minimum Gasteiger partial charge on any atom is -0.327 e. The van der Waals surface area contributed by atoms with E-state index in [9.17, 15) is 0 Å². The van der Waals surface area contributed by atoms with Gasteiger partial charge in [0, 0.05) is 12.5 Å². The molecule has 0 bridgehead atoms. The van der Waals surface area contributed by atoms with Crippen LogP contribution in [0.4, 0.5) is 0 Å². The molecule has 0 aliphatic rings. The molecule has 1 unspecified atom stereocenters. The number of para-hydroxylation sites is 2. The maximum Gasteiger partial charge on any atom is 0.117 e. The topological polar surface area (TPSA) is 17.8 Å². The van der Waals surface area contributed by atoms with E-state index in [-0.39, 0.29) is 0 Å². The van der Waals surface area contributed by atoms with Crippen molar-refractivity contribution in [1.82, 2.24) is 9.55 Å². The molecule has 0 aliphatic carbocycles. The van der Waals surface area contributed by atoms with Crippen molar-refractivity contribution in [3.63, 3.8) is 0 Å². The summed E-state index contributed by atoms with van der Waals surface area (Å²) in [6.07, 6.45) is 4.87. The molecule has 0 N–H and O–H groups in total. The zero-order chi connectivity index (χ0) is 18.5. The monoisotopic (exact) mass is 348 g/mol. The summed E-state index contributed by atoms with van der Waals surface area (Å²) in [6.45, 7) is 10.1. The highest BCUT2D eigenvalue weighted by Gasteiger charge is 2.18.